The summed E-state index contributed by atoms with van der Waals surface area (Å²) in [5.41, 5.74) is 5.53. The van der Waals surface area contributed by atoms with Crippen LogP contribution in [0.2, 0.25) is 0 Å². The summed E-state index contributed by atoms with van der Waals surface area (Å²) < 4.78 is 0. The van der Waals surface area contributed by atoms with E-state index in [0.29, 0.717) is 6.54 Å². The van der Waals surface area contributed by atoms with E-state index in [0.717, 1.165) is 37.1 Å². The predicted octanol–water partition coefficient (Wildman–Crippen LogP) is 1.86. The van der Waals surface area contributed by atoms with Crippen molar-refractivity contribution in [2.24, 2.45) is 11.7 Å². The standard InChI is InChI=1S/C14H25N5/c1-19(9-3-7-15)14-10-13(17-11-18-14)16-8-6-12-4-2-5-12/h10-12H,2-9,15H2,1H3,(H,16,17,18). The lowest BCUT2D eigenvalue weighted by Crippen LogP contribution is -2.22. The SMILES string of the molecule is CN(CCCN)c1cc(NCCC2CCC2)ncn1. The van der Waals surface area contributed by atoms with Gasteiger partial charge in [-0.25, -0.2) is 9.97 Å². The lowest BCUT2D eigenvalue weighted by molar-refractivity contribution is 0.303. The summed E-state index contributed by atoms with van der Waals surface area (Å²) in [6.07, 6.45) is 8.07. The van der Waals surface area contributed by atoms with Gasteiger partial charge in [-0.3, -0.25) is 0 Å². The van der Waals surface area contributed by atoms with Gasteiger partial charge in [0.1, 0.15) is 18.0 Å². The van der Waals surface area contributed by atoms with Crippen molar-refractivity contribution in [3.05, 3.63) is 12.4 Å². The van der Waals surface area contributed by atoms with E-state index >= 15 is 0 Å². The van der Waals surface area contributed by atoms with Crippen LogP contribution in [0.25, 0.3) is 0 Å². The molecule has 0 unspecified atom stereocenters. The first-order valence-electron chi connectivity index (χ1n) is 7.26. The lowest BCUT2D eigenvalue weighted by Gasteiger charge is -2.25. The second-order valence-corrected chi connectivity index (χ2v) is 5.34. The number of rotatable bonds is 8. The number of anilines is 2. The second kappa shape index (κ2) is 7.28. The molecule has 1 aliphatic rings. The quantitative estimate of drug-likeness (QED) is 0.749. The molecule has 5 nitrogen and oxygen atoms in total. The third-order valence-electron chi connectivity index (χ3n) is 3.82. The van der Waals surface area contributed by atoms with Crippen LogP contribution < -0.4 is 16.0 Å². The molecule has 5 heteroatoms. The molecule has 0 spiro atoms. The van der Waals surface area contributed by atoms with E-state index in [1.807, 2.05) is 13.1 Å². The lowest BCUT2D eigenvalue weighted by atomic mass is 9.83. The van der Waals surface area contributed by atoms with Crippen molar-refractivity contribution in [3.63, 3.8) is 0 Å². The Bertz CT molecular complexity index is 378. The monoisotopic (exact) mass is 263 g/mol. The van der Waals surface area contributed by atoms with Gasteiger partial charge in [-0.15, -0.1) is 0 Å². The Morgan fingerprint density at radius 3 is 2.95 bits per heavy atom. The van der Waals surface area contributed by atoms with Gasteiger partial charge in [-0.05, 0) is 25.3 Å². The first-order chi connectivity index (χ1) is 9.29. The Hall–Kier alpha value is -1.36. The highest BCUT2D eigenvalue weighted by Crippen LogP contribution is 2.29. The van der Waals surface area contributed by atoms with E-state index in [1.165, 1.54) is 25.7 Å². The van der Waals surface area contributed by atoms with Crippen molar-refractivity contribution in [1.82, 2.24) is 9.97 Å². The number of hydrogen-bond donors (Lipinski definition) is 2. The first-order valence-corrected chi connectivity index (χ1v) is 7.26. The van der Waals surface area contributed by atoms with Crippen LogP contribution in [0.1, 0.15) is 32.1 Å². The zero-order valence-corrected chi connectivity index (χ0v) is 11.8. The third-order valence-corrected chi connectivity index (χ3v) is 3.82. The summed E-state index contributed by atoms with van der Waals surface area (Å²) >= 11 is 0. The summed E-state index contributed by atoms with van der Waals surface area (Å²) in [5.74, 6) is 2.81. The van der Waals surface area contributed by atoms with E-state index in [9.17, 15) is 0 Å². The maximum absolute atomic E-state index is 5.53. The van der Waals surface area contributed by atoms with Crippen LogP contribution in [0.15, 0.2) is 12.4 Å². The minimum absolute atomic E-state index is 0.710. The van der Waals surface area contributed by atoms with Gasteiger partial charge < -0.3 is 16.0 Å². The van der Waals surface area contributed by atoms with Crippen LogP contribution in [-0.2, 0) is 0 Å². The van der Waals surface area contributed by atoms with Gasteiger partial charge in [-0.2, -0.15) is 0 Å². The van der Waals surface area contributed by atoms with Crippen LogP contribution in [0.4, 0.5) is 11.6 Å². The van der Waals surface area contributed by atoms with Gasteiger partial charge in [0.15, 0.2) is 0 Å². The number of nitrogens with two attached hydrogens (primary N) is 1. The Kier molecular flexibility index (Phi) is 5.39. The van der Waals surface area contributed by atoms with Crippen molar-refractivity contribution >= 4 is 11.6 Å². The van der Waals surface area contributed by atoms with E-state index in [4.69, 9.17) is 5.73 Å². The van der Waals surface area contributed by atoms with Crippen LogP contribution in [-0.4, -0.2) is 36.6 Å². The fraction of sp³-hybridized carbons (Fsp3) is 0.714. The second-order valence-electron chi connectivity index (χ2n) is 5.34. The molecule has 19 heavy (non-hydrogen) atoms. The molecule has 0 aliphatic heterocycles. The molecule has 1 aromatic rings. The summed E-state index contributed by atoms with van der Waals surface area (Å²) in [6, 6.07) is 2.01. The molecule has 0 bridgehead atoms. The highest BCUT2D eigenvalue weighted by atomic mass is 15.2. The maximum Gasteiger partial charge on any atom is 0.133 e. The summed E-state index contributed by atoms with van der Waals surface area (Å²) in [7, 11) is 2.04. The van der Waals surface area contributed by atoms with Gasteiger partial charge in [0.2, 0.25) is 0 Å². The van der Waals surface area contributed by atoms with Gasteiger partial charge >= 0.3 is 0 Å². The topological polar surface area (TPSA) is 67.1 Å². The van der Waals surface area contributed by atoms with Crippen molar-refractivity contribution < 1.29 is 0 Å². The Balaban J connectivity index is 1.79. The van der Waals surface area contributed by atoms with E-state index in [2.05, 4.69) is 20.2 Å². The number of aromatic nitrogens is 2. The fourth-order valence-electron chi connectivity index (χ4n) is 2.28. The molecule has 0 saturated heterocycles. The molecule has 2 rings (SSSR count). The predicted molar refractivity (Wildman–Crippen MR) is 79.4 cm³/mol. The zero-order valence-electron chi connectivity index (χ0n) is 11.8. The van der Waals surface area contributed by atoms with Crippen molar-refractivity contribution in [3.8, 4) is 0 Å². The number of hydrogen-bond acceptors (Lipinski definition) is 5. The van der Waals surface area contributed by atoms with Crippen LogP contribution in [0, 0.1) is 5.92 Å². The van der Waals surface area contributed by atoms with Crippen LogP contribution >= 0.6 is 0 Å². The fourth-order valence-corrected chi connectivity index (χ4v) is 2.28. The van der Waals surface area contributed by atoms with E-state index in [-0.39, 0.29) is 0 Å². The number of nitrogens with one attached hydrogen (secondary N) is 1. The molecular weight excluding hydrogens is 238 g/mol. The average molecular weight is 263 g/mol. The molecule has 0 aromatic carbocycles. The number of nitrogens with zero attached hydrogens (tertiary/aromatic N) is 3. The molecule has 1 saturated carbocycles. The molecule has 1 aromatic heterocycles. The van der Waals surface area contributed by atoms with Crippen LogP contribution in [0.5, 0.6) is 0 Å². The average Bonchev–Trinajstić information content (AvgIpc) is 2.39. The molecule has 0 amide bonds. The maximum atomic E-state index is 5.53. The molecule has 1 aliphatic carbocycles. The van der Waals surface area contributed by atoms with E-state index in [1.54, 1.807) is 6.33 Å². The summed E-state index contributed by atoms with van der Waals surface area (Å²) in [6.45, 7) is 2.64. The summed E-state index contributed by atoms with van der Waals surface area (Å²) in [5, 5.41) is 3.39. The largest absolute Gasteiger partial charge is 0.370 e. The molecular formula is C14H25N5. The molecule has 106 valence electrons. The van der Waals surface area contributed by atoms with Gasteiger partial charge in [-0.1, -0.05) is 19.3 Å². The minimum atomic E-state index is 0.710. The summed E-state index contributed by atoms with van der Waals surface area (Å²) in [4.78, 5) is 10.7. The van der Waals surface area contributed by atoms with Crippen LogP contribution in [0.3, 0.4) is 0 Å². The van der Waals surface area contributed by atoms with Gasteiger partial charge in [0, 0.05) is 26.2 Å². The molecule has 1 heterocycles. The highest BCUT2D eigenvalue weighted by Gasteiger charge is 2.16. The smallest absolute Gasteiger partial charge is 0.133 e. The first kappa shape index (κ1) is 14.1. The normalized spacial score (nSPS) is 15.1. The Labute approximate surface area is 115 Å². The molecule has 1 fully saturated rings. The van der Waals surface area contributed by atoms with Crippen molar-refractivity contribution in [2.45, 2.75) is 32.1 Å². The highest BCUT2D eigenvalue weighted by molar-refractivity contribution is 5.47. The van der Waals surface area contributed by atoms with Gasteiger partial charge in [0.05, 0.1) is 0 Å². The molecule has 0 atom stereocenters. The molecule has 3 N–H and O–H groups in total. The Morgan fingerprint density at radius 2 is 2.26 bits per heavy atom. The minimum Gasteiger partial charge on any atom is -0.370 e. The van der Waals surface area contributed by atoms with Crippen molar-refractivity contribution in [1.29, 1.82) is 0 Å². The van der Waals surface area contributed by atoms with E-state index < -0.39 is 0 Å². The van der Waals surface area contributed by atoms with Gasteiger partial charge in [0.25, 0.3) is 0 Å². The Morgan fingerprint density at radius 1 is 1.42 bits per heavy atom. The van der Waals surface area contributed by atoms with Crippen molar-refractivity contribution in [2.75, 3.05) is 36.9 Å². The zero-order chi connectivity index (χ0) is 13.5. The molecule has 0 radical (unpaired) electrons. The third kappa shape index (κ3) is 4.35.